The van der Waals surface area contributed by atoms with Crippen LogP contribution in [-0.4, -0.2) is 24.0 Å². The first-order chi connectivity index (χ1) is 7.69. The lowest BCUT2D eigenvalue weighted by molar-refractivity contribution is -0.137. The molecule has 4 heteroatoms. The van der Waals surface area contributed by atoms with Crippen molar-refractivity contribution in [1.82, 2.24) is 0 Å². The van der Waals surface area contributed by atoms with E-state index in [0.717, 1.165) is 12.7 Å². The van der Waals surface area contributed by atoms with E-state index in [1.807, 2.05) is 6.07 Å². The van der Waals surface area contributed by atoms with E-state index in [9.17, 15) is 9.59 Å². The van der Waals surface area contributed by atoms with Crippen LogP contribution in [0.2, 0.25) is 0 Å². The van der Waals surface area contributed by atoms with Crippen LogP contribution in [0.5, 0.6) is 0 Å². The fraction of sp³-hybridized carbons (Fsp3) is 0.167. The van der Waals surface area contributed by atoms with Gasteiger partial charge in [0, 0.05) is 6.42 Å². The Kier molecular flexibility index (Phi) is 4.27. The molecule has 0 aromatic heterocycles. The molecule has 84 valence electrons. The van der Waals surface area contributed by atoms with E-state index < -0.39 is 11.8 Å². The minimum absolute atomic E-state index is 0.0579. The molecule has 16 heavy (non-hydrogen) atoms. The van der Waals surface area contributed by atoms with Crippen molar-refractivity contribution in [3.05, 3.63) is 47.7 Å². The second-order valence-electron chi connectivity index (χ2n) is 3.12. The second kappa shape index (κ2) is 5.70. The number of methoxy groups -OCH3 is 1. The van der Waals surface area contributed by atoms with Crippen molar-refractivity contribution < 1.29 is 19.4 Å². The van der Waals surface area contributed by atoms with Gasteiger partial charge in [-0.2, -0.15) is 0 Å². The predicted octanol–water partition coefficient (Wildman–Crippen LogP) is 1.41. The summed E-state index contributed by atoms with van der Waals surface area (Å²) in [6.07, 6.45) is 0.541. The smallest absolute Gasteiger partial charge is 0.344 e. The van der Waals surface area contributed by atoms with Crippen molar-refractivity contribution in [2.45, 2.75) is 6.42 Å². The van der Waals surface area contributed by atoms with Gasteiger partial charge in [-0.15, -0.1) is 0 Å². The molecular formula is C12H12O4. The molecule has 0 radical (unpaired) electrons. The van der Waals surface area contributed by atoms with Crippen LogP contribution < -0.4 is 0 Å². The Bertz CT molecular complexity index is 406. The minimum atomic E-state index is -0.830. The van der Waals surface area contributed by atoms with Gasteiger partial charge in [-0.25, -0.2) is 4.79 Å². The third-order valence-electron chi connectivity index (χ3n) is 2.04. The zero-order valence-electron chi connectivity index (χ0n) is 8.84. The van der Waals surface area contributed by atoms with E-state index in [-0.39, 0.29) is 12.0 Å². The summed E-state index contributed by atoms with van der Waals surface area (Å²) in [6, 6.07) is 8.96. The number of ether oxygens (including phenoxy) is 1. The summed E-state index contributed by atoms with van der Waals surface area (Å²) in [5.74, 6) is -1.30. The maximum atomic E-state index is 11.6. The number of aliphatic hydroxyl groups is 1. The Balaban J connectivity index is 2.76. The van der Waals surface area contributed by atoms with Crippen LogP contribution in [-0.2, 0) is 20.7 Å². The van der Waals surface area contributed by atoms with E-state index in [2.05, 4.69) is 4.74 Å². The first-order valence-corrected chi connectivity index (χ1v) is 4.69. The summed E-state index contributed by atoms with van der Waals surface area (Å²) < 4.78 is 4.37. The molecule has 0 aliphatic heterocycles. The van der Waals surface area contributed by atoms with E-state index in [0.29, 0.717) is 6.26 Å². The normalized spacial score (nSPS) is 10.9. The first-order valence-electron chi connectivity index (χ1n) is 4.69. The van der Waals surface area contributed by atoms with Gasteiger partial charge in [0.2, 0.25) is 0 Å². The van der Waals surface area contributed by atoms with E-state index >= 15 is 0 Å². The fourth-order valence-electron chi connectivity index (χ4n) is 1.22. The standard InChI is InChI=1S/C12H12O4/c1-16-12(15)10(8-13)11(14)7-9-5-3-2-4-6-9/h2-6,8,13H,7H2,1H3. The summed E-state index contributed by atoms with van der Waals surface area (Å²) >= 11 is 0. The van der Waals surface area contributed by atoms with Crippen molar-refractivity contribution in [2.24, 2.45) is 0 Å². The van der Waals surface area contributed by atoms with Crippen LogP contribution in [0, 0.1) is 0 Å². The Morgan fingerprint density at radius 1 is 1.31 bits per heavy atom. The van der Waals surface area contributed by atoms with Crippen molar-refractivity contribution in [1.29, 1.82) is 0 Å². The maximum absolute atomic E-state index is 11.6. The number of ketones is 1. The molecular weight excluding hydrogens is 208 g/mol. The van der Waals surface area contributed by atoms with Crippen LogP contribution in [0.15, 0.2) is 42.2 Å². The van der Waals surface area contributed by atoms with Crippen molar-refractivity contribution in [2.75, 3.05) is 7.11 Å². The van der Waals surface area contributed by atoms with E-state index in [1.165, 1.54) is 0 Å². The SMILES string of the molecule is COC(=O)C(=CO)C(=O)Cc1ccccc1. The molecule has 4 nitrogen and oxygen atoms in total. The zero-order valence-corrected chi connectivity index (χ0v) is 8.84. The van der Waals surface area contributed by atoms with Crippen LogP contribution in [0.25, 0.3) is 0 Å². The number of esters is 1. The minimum Gasteiger partial charge on any atom is -0.515 e. The highest BCUT2D eigenvalue weighted by atomic mass is 16.5. The van der Waals surface area contributed by atoms with Crippen molar-refractivity contribution in [3.63, 3.8) is 0 Å². The molecule has 0 heterocycles. The highest BCUT2D eigenvalue weighted by Crippen LogP contribution is 2.06. The number of Topliss-reactive ketones (excluding diaryl/α,β-unsaturated/α-hetero) is 1. The average molecular weight is 220 g/mol. The predicted molar refractivity (Wildman–Crippen MR) is 57.9 cm³/mol. The average Bonchev–Trinajstić information content (AvgIpc) is 2.31. The number of hydrogen-bond donors (Lipinski definition) is 1. The summed E-state index contributed by atoms with van der Waals surface area (Å²) in [4.78, 5) is 22.7. The van der Waals surface area contributed by atoms with Gasteiger partial charge >= 0.3 is 5.97 Å². The molecule has 0 amide bonds. The molecule has 0 aliphatic rings. The van der Waals surface area contributed by atoms with Crippen LogP contribution in [0.4, 0.5) is 0 Å². The Hall–Kier alpha value is -2.10. The van der Waals surface area contributed by atoms with Crippen molar-refractivity contribution >= 4 is 11.8 Å². The molecule has 1 aromatic carbocycles. The second-order valence-corrected chi connectivity index (χ2v) is 3.12. The monoisotopic (exact) mass is 220 g/mol. The molecule has 0 aliphatic carbocycles. The molecule has 0 bridgehead atoms. The van der Waals surface area contributed by atoms with Crippen LogP contribution in [0.1, 0.15) is 5.56 Å². The topological polar surface area (TPSA) is 63.6 Å². The molecule has 0 unspecified atom stereocenters. The van der Waals surface area contributed by atoms with Gasteiger partial charge in [0.15, 0.2) is 5.78 Å². The van der Waals surface area contributed by atoms with E-state index in [4.69, 9.17) is 5.11 Å². The highest BCUT2D eigenvalue weighted by Gasteiger charge is 2.19. The molecule has 0 atom stereocenters. The lowest BCUT2D eigenvalue weighted by Gasteiger charge is -2.03. The largest absolute Gasteiger partial charge is 0.515 e. The maximum Gasteiger partial charge on any atom is 0.344 e. The summed E-state index contributed by atoms with van der Waals surface area (Å²) in [5.41, 5.74) is 0.433. The molecule has 1 N–H and O–H groups in total. The summed E-state index contributed by atoms with van der Waals surface area (Å²) in [7, 11) is 1.15. The van der Waals surface area contributed by atoms with Crippen molar-refractivity contribution in [3.8, 4) is 0 Å². The molecule has 1 aromatic rings. The lowest BCUT2D eigenvalue weighted by Crippen LogP contribution is -2.16. The number of aliphatic hydroxyl groups excluding tert-OH is 1. The summed E-state index contributed by atoms with van der Waals surface area (Å²) in [5, 5.41) is 8.79. The number of carbonyl (C=O) groups is 2. The Morgan fingerprint density at radius 2 is 1.94 bits per heavy atom. The highest BCUT2D eigenvalue weighted by molar-refractivity contribution is 6.17. The van der Waals surface area contributed by atoms with Gasteiger partial charge in [-0.3, -0.25) is 4.79 Å². The number of hydrogen-bond acceptors (Lipinski definition) is 4. The van der Waals surface area contributed by atoms with Gasteiger partial charge in [-0.1, -0.05) is 30.3 Å². The molecule has 0 saturated heterocycles. The Labute approximate surface area is 93.2 Å². The lowest BCUT2D eigenvalue weighted by atomic mass is 10.0. The third kappa shape index (κ3) is 2.95. The molecule has 0 saturated carbocycles. The van der Waals surface area contributed by atoms with E-state index in [1.54, 1.807) is 24.3 Å². The van der Waals surface area contributed by atoms with Gasteiger partial charge in [0.25, 0.3) is 0 Å². The molecule has 0 fully saturated rings. The fourth-order valence-corrected chi connectivity index (χ4v) is 1.22. The molecule has 0 spiro atoms. The van der Waals surface area contributed by atoms with Gasteiger partial charge in [0.1, 0.15) is 5.57 Å². The number of carbonyl (C=O) groups excluding carboxylic acids is 2. The zero-order chi connectivity index (χ0) is 12.0. The summed E-state index contributed by atoms with van der Waals surface area (Å²) in [6.45, 7) is 0. The quantitative estimate of drug-likeness (QED) is 0.274. The molecule has 1 rings (SSSR count). The van der Waals surface area contributed by atoms with Crippen LogP contribution >= 0.6 is 0 Å². The van der Waals surface area contributed by atoms with Gasteiger partial charge in [-0.05, 0) is 5.56 Å². The first kappa shape index (κ1) is 12.0. The third-order valence-corrected chi connectivity index (χ3v) is 2.04. The number of benzene rings is 1. The van der Waals surface area contributed by atoms with Crippen LogP contribution in [0.3, 0.4) is 0 Å². The number of rotatable bonds is 4. The Morgan fingerprint density at radius 3 is 2.44 bits per heavy atom. The van der Waals surface area contributed by atoms with Gasteiger partial charge < -0.3 is 9.84 Å². The van der Waals surface area contributed by atoms with Gasteiger partial charge in [0.05, 0.1) is 13.4 Å².